The molecule has 6 nitrogen and oxygen atoms in total. The number of benzene rings is 2. The molecule has 0 bridgehead atoms. The van der Waals surface area contributed by atoms with Crippen molar-refractivity contribution in [3.05, 3.63) is 87.6 Å². The second kappa shape index (κ2) is 7.79. The van der Waals surface area contributed by atoms with Gasteiger partial charge in [-0.25, -0.2) is 0 Å². The molecule has 152 valence electrons. The first-order chi connectivity index (χ1) is 15.0. The average Bonchev–Trinajstić information content (AvgIpc) is 3.39. The minimum Gasteiger partial charge on any atom is -0.457 e. The van der Waals surface area contributed by atoms with Crippen molar-refractivity contribution >= 4 is 55.7 Å². The van der Waals surface area contributed by atoms with Crippen LogP contribution in [0.3, 0.4) is 0 Å². The second-order valence-electron chi connectivity index (χ2n) is 6.98. The van der Waals surface area contributed by atoms with Crippen LogP contribution in [0.25, 0.3) is 17.4 Å². The van der Waals surface area contributed by atoms with Crippen molar-refractivity contribution in [2.75, 3.05) is 0 Å². The Morgan fingerprint density at radius 3 is 2.71 bits per heavy atom. The molecule has 1 aromatic heterocycles. The molecular formula is C23H15BrN4O2S. The first kappa shape index (κ1) is 19.7. The quantitative estimate of drug-likeness (QED) is 0.478. The third-order valence-electron chi connectivity index (χ3n) is 4.78. The predicted molar refractivity (Wildman–Crippen MR) is 127 cm³/mol. The third kappa shape index (κ3) is 3.68. The van der Waals surface area contributed by atoms with E-state index in [1.165, 1.54) is 22.8 Å². The molecular weight excluding hydrogens is 476 g/mol. The number of carbonyl (C=O) groups is 1. The number of amides is 1. The standard InChI is InChI=1S/C23H15BrN4O2S/c1-13-7-9-16(18(24)11-13)19-10-8-15(30-19)12-17-20(25)28-23(26-21(17)29)31-22(27-28)14-5-3-2-4-6-14/h2-12,25H,1H3/b17-12+,25-20?. The van der Waals surface area contributed by atoms with E-state index in [0.717, 1.165) is 21.2 Å². The number of hydrogen-bond donors (Lipinski definition) is 1. The van der Waals surface area contributed by atoms with Crippen LogP contribution in [-0.2, 0) is 4.79 Å². The van der Waals surface area contributed by atoms with Gasteiger partial charge in [-0.2, -0.15) is 15.1 Å². The van der Waals surface area contributed by atoms with E-state index in [2.05, 4.69) is 26.0 Å². The summed E-state index contributed by atoms with van der Waals surface area (Å²) < 4.78 is 6.85. The Morgan fingerprint density at radius 1 is 1.13 bits per heavy atom. The fourth-order valence-corrected chi connectivity index (χ4v) is 4.81. The van der Waals surface area contributed by atoms with E-state index < -0.39 is 5.91 Å². The van der Waals surface area contributed by atoms with Gasteiger partial charge in [-0.3, -0.25) is 10.2 Å². The molecule has 0 unspecified atom stereocenters. The molecule has 2 aromatic carbocycles. The number of carbonyl (C=O) groups excluding carboxylic acids is 1. The van der Waals surface area contributed by atoms with Crippen LogP contribution in [0.2, 0.25) is 0 Å². The molecule has 1 N–H and O–H groups in total. The van der Waals surface area contributed by atoms with E-state index in [9.17, 15) is 4.79 Å². The summed E-state index contributed by atoms with van der Waals surface area (Å²) in [7, 11) is 0. The van der Waals surface area contributed by atoms with Crippen LogP contribution < -0.4 is 0 Å². The van der Waals surface area contributed by atoms with Crippen LogP contribution in [0.4, 0.5) is 0 Å². The number of amidine groups is 2. The average molecular weight is 491 g/mol. The lowest BCUT2D eigenvalue weighted by Gasteiger charge is -2.19. The number of aliphatic imine (C=N–C) groups is 1. The van der Waals surface area contributed by atoms with Crippen LogP contribution in [0.15, 0.2) is 85.2 Å². The summed E-state index contributed by atoms with van der Waals surface area (Å²) in [4.78, 5) is 16.8. The van der Waals surface area contributed by atoms with Gasteiger partial charge < -0.3 is 4.42 Å². The normalized spacial score (nSPS) is 17.1. The summed E-state index contributed by atoms with van der Waals surface area (Å²) in [6.45, 7) is 2.02. The molecule has 2 aliphatic rings. The van der Waals surface area contributed by atoms with Gasteiger partial charge in [-0.1, -0.05) is 52.3 Å². The second-order valence-corrected chi connectivity index (χ2v) is 8.79. The highest BCUT2D eigenvalue weighted by Crippen LogP contribution is 2.33. The molecule has 3 heterocycles. The van der Waals surface area contributed by atoms with Crippen molar-refractivity contribution in [3.63, 3.8) is 0 Å². The topological polar surface area (TPSA) is 82.0 Å². The minimum absolute atomic E-state index is 0.0251. The molecule has 0 spiro atoms. The maximum atomic E-state index is 12.6. The van der Waals surface area contributed by atoms with Gasteiger partial charge in [0.1, 0.15) is 16.6 Å². The summed E-state index contributed by atoms with van der Waals surface area (Å²) >= 11 is 4.84. The zero-order valence-corrected chi connectivity index (χ0v) is 18.7. The number of hydrogen-bond acceptors (Lipinski definition) is 5. The molecule has 0 atom stereocenters. The van der Waals surface area contributed by atoms with Crippen molar-refractivity contribution < 1.29 is 9.21 Å². The minimum atomic E-state index is -0.484. The first-order valence-electron chi connectivity index (χ1n) is 9.41. The largest absolute Gasteiger partial charge is 0.457 e. The molecule has 0 fully saturated rings. The smallest absolute Gasteiger partial charge is 0.283 e. The molecule has 3 aromatic rings. The van der Waals surface area contributed by atoms with Crippen LogP contribution in [-0.4, -0.2) is 27.0 Å². The zero-order chi connectivity index (χ0) is 21.5. The lowest BCUT2D eigenvalue weighted by Crippen LogP contribution is -2.35. The Morgan fingerprint density at radius 2 is 1.94 bits per heavy atom. The summed E-state index contributed by atoms with van der Waals surface area (Å²) in [5, 5.41) is 15.5. The Labute approximate surface area is 191 Å². The summed E-state index contributed by atoms with van der Waals surface area (Å²) in [6.07, 6.45) is 1.54. The number of furan rings is 1. The predicted octanol–water partition coefficient (Wildman–Crippen LogP) is 5.68. The zero-order valence-electron chi connectivity index (χ0n) is 16.3. The van der Waals surface area contributed by atoms with Crippen LogP contribution in [0.1, 0.15) is 16.9 Å². The highest BCUT2D eigenvalue weighted by atomic mass is 79.9. The Hall–Kier alpha value is -3.23. The van der Waals surface area contributed by atoms with Crippen molar-refractivity contribution in [1.82, 2.24) is 5.01 Å². The molecule has 0 radical (unpaired) electrons. The Kier molecular flexibility index (Phi) is 4.95. The number of rotatable bonds is 3. The first-order valence-corrected chi connectivity index (χ1v) is 11.0. The summed E-state index contributed by atoms with van der Waals surface area (Å²) in [5.74, 6) is 0.623. The van der Waals surface area contributed by atoms with Crippen molar-refractivity contribution in [3.8, 4) is 11.3 Å². The highest BCUT2D eigenvalue weighted by molar-refractivity contribution is 9.10. The molecule has 1 amide bonds. The number of hydrazone groups is 1. The maximum absolute atomic E-state index is 12.6. The fraction of sp³-hybridized carbons (Fsp3) is 0.0435. The molecule has 5 rings (SSSR count). The molecule has 0 saturated heterocycles. The van der Waals surface area contributed by atoms with Gasteiger partial charge in [0.2, 0.25) is 5.17 Å². The van der Waals surface area contributed by atoms with E-state index in [-0.39, 0.29) is 11.4 Å². The lowest BCUT2D eigenvalue weighted by molar-refractivity contribution is -0.114. The molecule has 2 aliphatic heterocycles. The van der Waals surface area contributed by atoms with Crippen LogP contribution in [0, 0.1) is 12.3 Å². The van der Waals surface area contributed by atoms with Gasteiger partial charge in [0.25, 0.3) is 5.91 Å². The van der Waals surface area contributed by atoms with Crippen LogP contribution >= 0.6 is 27.7 Å². The van der Waals surface area contributed by atoms with Crippen LogP contribution in [0.5, 0.6) is 0 Å². The van der Waals surface area contributed by atoms with Gasteiger partial charge >= 0.3 is 0 Å². The van der Waals surface area contributed by atoms with Gasteiger partial charge in [0.15, 0.2) is 5.84 Å². The van der Waals surface area contributed by atoms with Gasteiger partial charge in [-0.15, -0.1) is 0 Å². The maximum Gasteiger partial charge on any atom is 0.283 e. The van der Waals surface area contributed by atoms with E-state index in [1.807, 2.05) is 61.5 Å². The SMILES string of the molecule is Cc1ccc(-c2ccc(/C=C3\C(=N)N4N=C(c5ccccc5)SC4=NC3=O)o2)c(Br)c1. The Bertz CT molecular complexity index is 1320. The van der Waals surface area contributed by atoms with Crippen molar-refractivity contribution in [2.45, 2.75) is 6.92 Å². The molecule has 8 heteroatoms. The summed E-state index contributed by atoms with van der Waals surface area (Å²) in [6, 6.07) is 19.2. The van der Waals surface area contributed by atoms with E-state index in [1.54, 1.807) is 6.07 Å². The lowest BCUT2D eigenvalue weighted by atomic mass is 10.1. The van der Waals surface area contributed by atoms with Crippen molar-refractivity contribution in [2.24, 2.45) is 10.1 Å². The fourth-order valence-electron chi connectivity index (χ4n) is 3.23. The Balaban J connectivity index is 1.45. The van der Waals surface area contributed by atoms with Gasteiger partial charge in [0.05, 0.1) is 5.57 Å². The molecule has 0 aliphatic carbocycles. The molecule has 0 saturated carbocycles. The monoisotopic (exact) mass is 490 g/mol. The number of nitrogens with one attached hydrogen (secondary N) is 1. The number of nitrogens with zero attached hydrogens (tertiary/aromatic N) is 3. The van der Waals surface area contributed by atoms with E-state index >= 15 is 0 Å². The van der Waals surface area contributed by atoms with Gasteiger partial charge in [0, 0.05) is 15.6 Å². The van der Waals surface area contributed by atoms with E-state index in [4.69, 9.17) is 9.83 Å². The van der Waals surface area contributed by atoms with Crippen molar-refractivity contribution in [1.29, 1.82) is 5.41 Å². The number of fused-ring (bicyclic) bond motifs is 1. The number of aryl methyl sites for hydroxylation is 1. The number of thioether (sulfide) groups is 1. The summed E-state index contributed by atoms with van der Waals surface area (Å²) in [5.41, 5.74) is 3.09. The van der Waals surface area contributed by atoms with E-state index in [0.29, 0.717) is 21.7 Å². The highest BCUT2D eigenvalue weighted by Gasteiger charge is 2.36. The number of halogens is 1. The third-order valence-corrected chi connectivity index (χ3v) is 6.39. The molecule has 31 heavy (non-hydrogen) atoms. The van der Waals surface area contributed by atoms with Gasteiger partial charge in [-0.05, 0) is 54.6 Å².